The van der Waals surface area contributed by atoms with E-state index < -0.39 is 6.10 Å². The maximum atomic E-state index is 13.6. The van der Waals surface area contributed by atoms with Gasteiger partial charge in [0.25, 0.3) is 5.19 Å². The predicted octanol–water partition coefficient (Wildman–Crippen LogP) is 5.89. The molecule has 1 amide bonds. The molecule has 1 heterocycles. The van der Waals surface area contributed by atoms with Crippen LogP contribution in [0.25, 0.3) is 0 Å². The summed E-state index contributed by atoms with van der Waals surface area (Å²) < 4.78 is 11.5. The zero-order valence-corrected chi connectivity index (χ0v) is 24.8. The number of ether oxygens (including phenoxy) is 2. The third kappa shape index (κ3) is 7.64. The van der Waals surface area contributed by atoms with Gasteiger partial charge in [0.05, 0.1) is 22.1 Å². The Morgan fingerprint density at radius 1 is 1.21 bits per heavy atom. The average Bonchev–Trinajstić information content (AvgIpc) is 3.65. The first-order valence-corrected chi connectivity index (χ1v) is 14.7. The Morgan fingerprint density at radius 2 is 1.90 bits per heavy atom. The molecular weight excluding hydrogens is 557 g/mol. The standard InChI is InChI=1S/C29H35Cl2N3O4S/c1-17-5-4-6-20(18(17)2)16-34(23-7-8-23)28(36)22(14-32)11-24-15-33-29(39-24)38-10-9-37-27-25(30)12-21(19(3)35)13-26(27)31/h4-6,12-13,15,19,22-23,35H,7-11,14,16,32H2,1-3H3/t19-,22?/m1/s1. The summed E-state index contributed by atoms with van der Waals surface area (Å²) in [6, 6.07) is 9.79. The van der Waals surface area contributed by atoms with Crippen LogP contribution < -0.4 is 15.2 Å². The molecule has 2 aromatic carbocycles. The van der Waals surface area contributed by atoms with Crippen molar-refractivity contribution in [1.82, 2.24) is 9.88 Å². The van der Waals surface area contributed by atoms with Crippen LogP contribution in [0.5, 0.6) is 10.9 Å². The van der Waals surface area contributed by atoms with Crippen LogP contribution in [0.4, 0.5) is 0 Å². The quantitative estimate of drug-likeness (QED) is 0.241. The smallest absolute Gasteiger partial charge is 0.273 e. The summed E-state index contributed by atoms with van der Waals surface area (Å²) in [5.74, 6) is 0.123. The number of halogens is 2. The first-order chi connectivity index (χ1) is 18.7. The van der Waals surface area contributed by atoms with E-state index in [9.17, 15) is 9.90 Å². The Labute approximate surface area is 243 Å². The highest BCUT2D eigenvalue weighted by molar-refractivity contribution is 7.13. The fourth-order valence-electron chi connectivity index (χ4n) is 4.37. The Balaban J connectivity index is 1.31. The highest BCUT2D eigenvalue weighted by atomic mass is 35.5. The van der Waals surface area contributed by atoms with Gasteiger partial charge in [0, 0.05) is 30.2 Å². The van der Waals surface area contributed by atoms with E-state index in [4.69, 9.17) is 38.4 Å². The van der Waals surface area contributed by atoms with Gasteiger partial charge in [-0.05, 0) is 74.4 Å². The lowest BCUT2D eigenvalue weighted by molar-refractivity contribution is -0.136. The second kappa shape index (κ2) is 13.3. The molecule has 0 saturated heterocycles. The number of aryl methyl sites for hydroxylation is 1. The molecule has 0 aliphatic heterocycles. The monoisotopic (exact) mass is 591 g/mol. The van der Waals surface area contributed by atoms with Crippen molar-refractivity contribution in [2.45, 2.75) is 58.7 Å². The second-order valence-electron chi connectivity index (χ2n) is 9.97. The lowest BCUT2D eigenvalue weighted by atomic mass is 10.00. The zero-order valence-electron chi connectivity index (χ0n) is 22.5. The molecule has 0 radical (unpaired) electrons. The summed E-state index contributed by atoms with van der Waals surface area (Å²) in [5, 5.41) is 10.9. The molecule has 1 aliphatic carbocycles. The third-order valence-corrected chi connectivity index (χ3v) is 8.49. The van der Waals surface area contributed by atoms with Crippen molar-refractivity contribution < 1.29 is 19.4 Å². The normalized spacial score (nSPS) is 14.6. The molecule has 1 aliphatic rings. The minimum Gasteiger partial charge on any atom is -0.487 e. The summed E-state index contributed by atoms with van der Waals surface area (Å²) in [7, 11) is 0. The molecule has 3 aromatic rings. The zero-order chi connectivity index (χ0) is 28.1. The summed E-state index contributed by atoms with van der Waals surface area (Å²) in [6.07, 6.45) is 3.65. The van der Waals surface area contributed by atoms with Crippen molar-refractivity contribution >= 4 is 40.4 Å². The lowest BCUT2D eigenvalue weighted by Gasteiger charge is -2.27. The molecule has 39 heavy (non-hydrogen) atoms. The number of hydrogen-bond acceptors (Lipinski definition) is 7. The van der Waals surface area contributed by atoms with Crippen LogP contribution in [0.2, 0.25) is 10.0 Å². The lowest BCUT2D eigenvalue weighted by Crippen LogP contribution is -2.41. The van der Waals surface area contributed by atoms with Crippen LogP contribution in [0, 0.1) is 19.8 Å². The minimum atomic E-state index is -0.681. The molecule has 3 N–H and O–H groups in total. The number of carbonyl (C=O) groups is 1. The van der Waals surface area contributed by atoms with E-state index in [2.05, 4.69) is 31.0 Å². The molecule has 1 fully saturated rings. The van der Waals surface area contributed by atoms with E-state index in [0.717, 1.165) is 17.7 Å². The summed E-state index contributed by atoms with van der Waals surface area (Å²) in [4.78, 5) is 20.9. The first-order valence-electron chi connectivity index (χ1n) is 13.1. The van der Waals surface area contributed by atoms with Crippen LogP contribution in [0.15, 0.2) is 36.5 Å². The second-order valence-corrected chi connectivity index (χ2v) is 11.9. The molecule has 2 atom stereocenters. The van der Waals surface area contributed by atoms with Gasteiger partial charge in [-0.1, -0.05) is 52.7 Å². The van der Waals surface area contributed by atoms with Crippen LogP contribution >= 0.6 is 34.5 Å². The fraction of sp³-hybridized carbons (Fsp3) is 0.448. The number of benzene rings is 2. The van der Waals surface area contributed by atoms with Crippen LogP contribution in [-0.2, 0) is 17.8 Å². The third-order valence-electron chi connectivity index (χ3n) is 7.00. The number of aromatic nitrogens is 1. The predicted molar refractivity (Wildman–Crippen MR) is 156 cm³/mol. The van der Waals surface area contributed by atoms with Crippen LogP contribution in [0.3, 0.4) is 0 Å². The van der Waals surface area contributed by atoms with Gasteiger partial charge < -0.3 is 25.2 Å². The Kier molecular flexibility index (Phi) is 10.1. The number of rotatable bonds is 13. The number of nitrogens with zero attached hydrogens (tertiary/aromatic N) is 2. The number of thiazole rings is 1. The number of aliphatic hydroxyl groups is 1. The molecule has 210 valence electrons. The van der Waals surface area contributed by atoms with Gasteiger partial charge in [-0.3, -0.25) is 4.79 Å². The van der Waals surface area contributed by atoms with E-state index in [1.807, 2.05) is 11.0 Å². The molecule has 10 heteroatoms. The van der Waals surface area contributed by atoms with Crippen LogP contribution in [-0.4, -0.2) is 46.7 Å². The van der Waals surface area contributed by atoms with E-state index in [0.29, 0.717) is 39.5 Å². The number of hydrogen-bond donors (Lipinski definition) is 2. The highest BCUT2D eigenvalue weighted by Crippen LogP contribution is 2.36. The summed E-state index contributed by atoms with van der Waals surface area (Å²) in [6.45, 7) is 7.18. The van der Waals surface area contributed by atoms with E-state index in [1.165, 1.54) is 28.0 Å². The molecule has 7 nitrogen and oxygen atoms in total. The van der Waals surface area contributed by atoms with Gasteiger partial charge >= 0.3 is 0 Å². The van der Waals surface area contributed by atoms with Crippen LogP contribution in [0.1, 0.15) is 53.0 Å². The maximum absolute atomic E-state index is 13.6. The minimum absolute atomic E-state index is 0.0977. The number of aliphatic hydroxyl groups excluding tert-OH is 1. The van der Waals surface area contributed by atoms with Gasteiger partial charge in [0.1, 0.15) is 13.2 Å². The molecular formula is C29H35Cl2N3O4S. The first kappa shape index (κ1) is 29.6. The Morgan fingerprint density at radius 3 is 2.54 bits per heavy atom. The van der Waals surface area contributed by atoms with Gasteiger partial charge in [0.2, 0.25) is 5.91 Å². The molecule has 1 aromatic heterocycles. The van der Waals surface area contributed by atoms with Gasteiger partial charge in [-0.25, -0.2) is 4.98 Å². The fourth-order valence-corrected chi connectivity index (χ4v) is 5.85. The van der Waals surface area contributed by atoms with Gasteiger partial charge in [0.15, 0.2) is 5.75 Å². The van der Waals surface area contributed by atoms with Gasteiger partial charge in [-0.15, -0.1) is 0 Å². The van der Waals surface area contributed by atoms with E-state index >= 15 is 0 Å². The number of carbonyl (C=O) groups excluding carboxylic acids is 1. The van der Waals surface area contributed by atoms with Gasteiger partial charge in [-0.2, -0.15) is 0 Å². The van der Waals surface area contributed by atoms with E-state index in [1.54, 1.807) is 25.3 Å². The SMILES string of the molecule is Cc1cccc(CN(C(=O)C(CN)Cc2cnc(OCCOc3c(Cl)cc([C@@H](C)O)cc3Cl)s2)C2CC2)c1C. The molecule has 0 bridgehead atoms. The molecule has 1 unspecified atom stereocenters. The molecule has 4 rings (SSSR count). The average molecular weight is 593 g/mol. The summed E-state index contributed by atoms with van der Waals surface area (Å²) >= 11 is 13.9. The van der Waals surface area contributed by atoms with Crippen molar-refractivity contribution in [1.29, 1.82) is 0 Å². The maximum Gasteiger partial charge on any atom is 0.273 e. The number of amides is 1. The van der Waals surface area contributed by atoms with Crippen molar-refractivity contribution in [2.75, 3.05) is 19.8 Å². The van der Waals surface area contributed by atoms with Crippen molar-refractivity contribution in [3.63, 3.8) is 0 Å². The molecule has 0 spiro atoms. The molecule has 1 saturated carbocycles. The van der Waals surface area contributed by atoms with Crippen molar-refractivity contribution in [2.24, 2.45) is 11.7 Å². The number of nitrogens with two attached hydrogens (primary N) is 1. The Bertz CT molecular complexity index is 1270. The topological polar surface area (TPSA) is 97.9 Å². The summed E-state index contributed by atoms with van der Waals surface area (Å²) in [5.41, 5.74) is 10.4. The van der Waals surface area contributed by atoms with E-state index in [-0.39, 0.29) is 37.6 Å². The highest BCUT2D eigenvalue weighted by Gasteiger charge is 2.36. The largest absolute Gasteiger partial charge is 0.487 e. The Hall–Kier alpha value is -2.36. The van der Waals surface area contributed by atoms with Crippen molar-refractivity contribution in [3.8, 4) is 10.9 Å². The van der Waals surface area contributed by atoms with Crippen molar-refractivity contribution in [3.05, 3.63) is 73.7 Å².